The summed E-state index contributed by atoms with van der Waals surface area (Å²) < 4.78 is 38.1. The van der Waals surface area contributed by atoms with Crippen LogP contribution in [0, 0.1) is 13.8 Å². The molecule has 0 aliphatic rings. The average Bonchev–Trinajstić information content (AvgIpc) is 2.88. The van der Waals surface area contributed by atoms with E-state index >= 15 is 0 Å². The first-order chi connectivity index (χ1) is 12.9. The van der Waals surface area contributed by atoms with E-state index in [9.17, 15) is 13.2 Å². The molecule has 2 aromatic rings. The van der Waals surface area contributed by atoms with Gasteiger partial charge in [0.2, 0.25) is 0 Å². The van der Waals surface area contributed by atoms with Crippen molar-refractivity contribution in [3.05, 3.63) is 41.3 Å². The third-order valence-corrected chi connectivity index (χ3v) is 4.34. The van der Waals surface area contributed by atoms with Crippen LogP contribution in [0.25, 0.3) is 11.1 Å². The van der Waals surface area contributed by atoms with Crippen LogP contribution in [0.3, 0.4) is 0 Å². The first kappa shape index (κ1) is 21.9. The van der Waals surface area contributed by atoms with Gasteiger partial charge in [-0.25, -0.2) is 4.79 Å². The van der Waals surface area contributed by atoms with E-state index in [0.717, 1.165) is 23.1 Å². The number of ether oxygens (including phenoxy) is 1. The number of nitrogens with zero attached hydrogens (tertiary/aromatic N) is 1. The van der Waals surface area contributed by atoms with Crippen molar-refractivity contribution in [3.63, 3.8) is 0 Å². The van der Waals surface area contributed by atoms with Gasteiger partial charge in [0.25, 0.3) is 10.1 Å². The molecule has 0 aliphatic carbocycles. The molecule has 0 aliphatic heterocycles. The normalized spacial score (nSPS) is 13.2. The molecule has 0 saturated carbocycles. The number of aryl methyl sites for hydroxylation is 2. The molecule has 154 valence electrons. The Labute approximate surface area is 165 Å². The molecule has 0 saturated heterocycles. The van der Waals surface area contributed by atoms with Crippen molar-refractivity contribution in [2.75, 3.05) is 12.9 Å². The van der Waals surface area contributed by atoms with Crippen molar-refractivity contribution in [1.82, 2.24) is 10.5 Å². The predicted molar refractivity (Wildman–Crippen MR) is 104 cm³/mol. The van der Waals surface area contributed by atoms with Gasteiger partial charge in [-0.15, -0.1) is 0 Å². The number of aromatic nitrogens is 1. The van der Waals surface area contributed by atoms with Gasteiger partial charge in [0.05, 0.1) is 24.6 Å². The summed E-state index contributed by atoms with van der Waals surface area (Å²) in [7, 11) is -3.67. The van der Waals surface area contributed by atoms with Crippen LogP contribution in [0.4, 0.5) is 4.79 Å². The number of amides is 1. The third kappa shape index (κ3) is 6.35. The van der Waals surface area contributed by atoms with Gasteiger partial charge in [-0.1, -0.05) is 29.4 Å². The topological polar surface area (TPSA) is 108 Å². The fourth-order valence-corrected chi connectivity index (χ4v) is 3.02. The minimum absolute atomic E-state index is 0.247. The highest BCUT2D eigenvalue weighted by Crippen LogP contribution is 2.28. The standard InChI is InChI=1S/C19H26N2O6S/c1-12-17(13(2)27-21-12)15-9-7-14(8-10-15)16(11-25-28(6,23)24)20-18(22)26-19(3,4)5/h7-10,16H,11H2,1-6H3,(H,20,22)/t16-/m0/s1. The van der Waals surface area contributed by atoms with Crippen LogP contribution < -0.4 is 5.32 Å². The van der Waals surface area contributed by atoms with E-state index in [2.05, 4.69) is 10.5 Å². The quantitative estimate of drug-likeness (QED) is 0.726. The monoisotopic (exact) mass is 410 g/mol. The lowest BCUT2D eigenvalue weighted by atomic mass is 10.00. The number of benzene rings is 1. The second kappa shape index (κ2) is 8.32. The van der Waals surface area contributed by atoms with Gasteiger partial charge in [0.15, 0.2) is 0 Å². The lowest BCUT2D eigenvalue weighted by molar-refractivity contribution is 0.0487. The molecule has 0 bridgehead atoms. The number of hydrogen-bond acceptors (Lipinski definition) is 7. The van der Waals surface area contributed by atoms with Gasteiger partial charge < -0.3 is 14.6 Å². The number of carbonyl (C=O) groups excluding carboxylic acids is 1. The van der Waals surface area contributed by atoms with E-state index in [-0.39, 0.29) is 6.61 Å². The SMILES string of the molecule is Cc1noc(C)c1-c1ccc([C@H](COS(C)(=O)=O)NC(=O)OC(C)(C)C)cc1. The van der Waals surface area contributed by atoms with Crippen LogP contribution in [0.2, 0.25) is 0 Å². The van der Waals surface area contributed by atoms with Crippen molar-refractivity contribution >= 4 is 16.2 Å². The van der Waals surface area contributed by atoms with Crippen LogP contribution in [0.1, 0.15) is 43.8 Å². The van der Waals surface area contributed by atoms with E-state index in [0.29, 0.717) is 11.3 Å². The van der Waals surface area contributed by atoms with Crippen LogP contribution in [-0.2, 0) is 19.0 Å². The molecule has 1 atom stereocenters. The molecule has 1 amide bonds. The van der Waals surface area contributed by atoms with E-state index in [1.807, 2.05) is 26.0 Å². The number of carbonyl (C=O) groups is 1. The minimum atomic E-state index is -3.67. The fourth-order valence-electron chi connectivity index (χ4n) is 2.64. The lowest BCUT2D eigenvalue weighted by Gasteiger charge is -2.23. The summed E-state index contributed by atoms with van der Waals surface area (Å²) in [5.41, 5.74) is 2.56. The molecule has 2 rings (SSSR count). The Balaban J connectivity index is 2.25. The molecule has 1 aromatic heterocycles. The van der Waals surface area contributed by atoms with Gasteiger partial charge in [-0.05, 0) is 45.7 Å². The summed E-state index contributed by atoms with van der Waals surface area (Å²) in [6.07, 6.45) is 0.294. The Bertz CT molecular complexity index is 907. The molecule has 1 aromatic carbocycles. The molecule has 9 heteroatoms. The summed E-state index contributed by atoms with van der Waals surface area (Å²) in [5.74, 6) is 0.703. The predicted octanol–water partition coefficient (Wildman–Crippen LogP) is 3.50. The molecule has 1 heterocycles. The zero-order chi connectivity index (χ0) is 21.1. The Morgan fingerprint density at radius 2 is 1.82 bits per heavy atom. The average molecular weight is 410 g/mol. The maximum atomic E-state index is 12.2. The van der Waals surface area contributed by atoms with Crippen molar-refractivity contribution in [3.8, 4) is 11.1 Å². The van der Waals surface area contributed by atoms with Gasteiger partial charge in [0.1, 0.15) is 11.4 Å². The first-order valence-corrected chi connectivity index (χ1v) is 10.5. The second-order valence-corrected chi connectivity index (χ2v) is 9.15. The zero-order valence-corrected chi connectivity index (χ0v) is 17.7. The Hall–Kier alpha value is -2.39. The van der Waals surface area contributed by atoms with E-state index in [1.54, 1.807) is 32.9 Å². The molecule has 28 heavy (non-hydrogen) atoms. The highest BCUT2D eigenvalue weighted by molar-refractivity contribution is 7.85. The third-order valence-electron chi connectivity index (χ3n) is 3.77. The summed E-state index contributed by atoms with van der Waals surface area (Å²) >= 11 is 0. The van der Waals surface area contributed by atoms with Crippen LogP contribution in [0.5, 0.6) is 0 Å². The molecule has 8 nitrogen and oxygen atoms in total. The van der Waals surface area contributed by atoms with E-state index in [1.165, 1.54) is 0 Å². The molecule has 1 N–H and O–H groups in total. The van der Waals surface area contributed by atoms with E-state index in [4.69, 9.17) is 13.4 Å². The van der Waals surface area contributed by atoms with Crippen molar-refractivity contribution in [2.24, 2.45) is 0 Å². The van der Waals surface area contributed by atoms with Gasteiger partial charge >= 0.3 is 6.09 Å². The molecule has 0 radical (unpaired) electrons. The summed E-state index contributed by atoms with van der Waals surface area (Å²) in [5, 5.41) is 6.60. The first-order valence-electron chi connectivity index (χ1n) is 8.73. The Morgan fingerprint density at radius 3 is 2.29 bits per heavy atom. The minimum Gasteiger partial charge on any atom is -0.444 e. The van der Waals surface area contributed by atoms with Crippen molar-refractivity contribution in [1.29, 1.82) is 0 Å². The fraction of sp³-hybridized carbons (Fsp3) is 0.474. The number of nitrogens with one attached hydrogen (secondary N) is 1. The lowest BCUT2D eigenvalue weighted by Crippen LogP contribution is -2.37. The molecule has 0 unspecified atom stereocenters. The maximum Gasteiger partial charge on any atom is 0.408 e. The van der Waals surface area contributed by atoms with Crippen LogP contribution >= 0.6 is 0 Å². The highest BCUT2D eigenvalue weighted by Gasteiger charge is 2.22. The highest BCUT2D eigenvalue weighted by atomic mass is 32.2. The van der Waals surface area contributed by atoms with Crippen molar-refractivity contribution < 1.29 is 26.7 Å². The molecular weight excluding hydrogens is 384 g/mol. The Morgan fingerprint density at radius 1 is 1.21 bits per heavy atom. The van der Waals surface area contributed by atoms with Crippen molar-refractivity contribution in [2.45, 2.75) is 46.3 Å². The van der Waals surface area contributed by atoms with E-state index < -0.39 is 27.9 Å². The van der Waals surface area contributed by atoms with Crippen LogP contribution in [-0.4, -0.2) is 38.1 Å². The largest absolute Gasteiger partial charge is 0.444 e. The molecular formula is C19H26N2O6S. The number of rotatable bonds is 6. The van der Waals surface area contributed by atoms with Gasteiger partial charge in [-0.2, -0.15) is 8.42 Å². The number of alkyl carbamates (subject to hydrolysis) is 1. The smallest absolute Gasteiger partial charge is 0.408 e. The van der Waals surface area contributed by atoms with Crippen LogP contribution in [0.15, 0.2) is 28.8 Å². The summed E-state index contributed by atoms with van der Waals surface area (Å²) in [6, 6.07) is 6.57. The summed E-state index contributed by atoms with van der Waals surface area (Å²) in [4.78, 5) is 12.2. The maximum absolute atomic E-state index is 12.2. The zero-order valence-electron chi connectivity index (χ0n) is 16.9. The van der Waals surface area contributed by atoms with Gasteiger partial charge in [0, 0.05) is 5.56 Å². The number of hydrogen-bond donors (Lipinski definition) is 1. The molecule has 0 fully saturated rings. The Kier molecular flexibility index (Phi) is 6.51. The summed E-state index contributed by atoms with van der Waals surface area (Å²) in [6.45, 7) is 8.67. The second-order valence-electron chi connectivity index (χ2n) is 7.51. The molecule has 0 spiro atoms. The van der Waals surface area contributed by atoms with Gasteiger partial charge in [-0.3, -0.25) is 4.18 Å².